The predicted molar refractivity (Wildman–Crippen MR) is 298 cm³/mol. The molecule has 0 spiro atoms. The van der Waals surface area contributed by atoms with Gasteiger partial charge < -0.3 is 14.2 Å². The summed E-state index contributed by atoms with van der Waals surface area (Å²) in [6.45, 7) is 6.49. The van der Waals surface area contributed by atoms with E-state index in [9.17, 15) is 14.4 Å². The lowest BCUT2D eigenvalue weighted by Gasteiger charge is -2.18. The largest absolute Gasteiger partial charge is 0.462 e. The van der Waals surface area contributed by atoms with Gasteiger partial charge in [-0.15, -0.1) is 0 Å². The number of carbonyl (C=O) groups excluding carboxylic acids is 3. The van der Waals surface area contributed by atoms with Crippen LogP contribution in [0.25, 0.3) is 0 Å². The minimum absolute atomic E-state index is 0.0681. The van der Waals surface area contributed by atoms with E-state index in [-0.39, 0.29) is 31.1 Å². The van der Waals surface area contributed by atoms with Gasteiger partial charge in [0.25, 0.3) is 0 Å². The summed E-state index contributed by atoms with van der Waals surface area (Å²) in [6.07, 6.45) is 72.7. The van der Waals surface area contributed by atoms with Crippen LogP contribution in [-0.4, -0.2) is 37.2 Å². The van der Waals surface area contributed by atoms with Crippen LogP contribution in [0.15, 0.2) is 60.8 Å². The Labute approximate surface area is 428 Å². The number of ether oxygens (including phenoxy) is 3. The van der Waals surface area contributed by atoms with Gasteiger partial charge in [0.15, 0.2) is 6.10 Å². The van der Waals surface area contributed by atoms with E-state index in [1.807, 2.05) is 0 Å². The van der Waals surface area contributed by atoms with E-state index in [1.165, 1.54) is 173 Å². The van der Waals surface area contributed by atoms with Gasteiger partial charge in [-0.1, -0.05) is 281 Å². The lowest BCUT2D eigenvalue weighted by molar-refractivity contribution is -0.167. The normalized spacial score (nSPS) is 12.4. The van der Waals surface area contributed by atoms with Crippen molar-refractivity contribution in [3.63, 3.8) is 0 Å². The molecule has 1 atom stereocenters. The van der Waals surface area contributed by atoms with E-state index in [0.717, 1.165) is 89.9 Å². The average Bonchev–Trinajstić information content (AvgIpc) is 3.35. The van der Waals surface area contributed by atoms with E-state index in [0.29, 0.717) is 19.3 Å². The van der Waals surface area contributed by atoms with Crippen molar-refractivity contribution in [1.29, 1.82) is 0 Å². The number of unbranched alkanes of at least 4 members (excludes halogenated alkanes) is 33. The molecule has 69 heavy (non-hydrogen) atoms. The smallest absolute Gasteiger partial charge is 0.306 e. The van der Waals surface area contributed by atoms with Crippen LogP contribution in [0, 0.1) is 0 Å². The fourth-order valence-corrected chi connectivity index (χ4v) is 8.59. The third-order valence-corrected chi connectivity index (χ3v) is 13.0. The number of esters is 3. The summed E-state index contributed by atoms with van der Waals surface area (Å²) in [4.78, 5) is 37.7. The fourth-order valence-electron chi connectivity index (χ4n) is 8.59. The molecule has 0 amide bonds. The van der Waals surface area contributed by atoms with Crippen molar-refractivity contribution < 1.29 is 28.6 Å². The van der Waals surface area contributed by atoms with Crippen LogP contribution in [0.4, 0.5) is 0 Å². The number of rotatable bonds is 54. The zero-order valence-electron chi connectivity index (χ0n) is 45.8. The van der Waals surface area contributed by atoms with Crippen LogP contribution in [0.2, 0.25) is 0 Å². The molecule has 0 bridgehead atoms. The van der Waals surface area contributed by atoms with Gasteiger partial charge in [0, 0.05) is 19.3 Å². The SMILES string of the molecule is CC/C=C\C/C=C\C/C=C\C/C=C\C/C=C\CCCCCCCCCCCCCCCCCCCCCC(=O)OCC(COC(=O)CCCCCCCCCC)OC(=O)CCCCCCCCCC. The summed E-state index contributed by atoms with van der Waals surface area (Å²) < 4.78 is 16.7. The minimum Gasteiger partial charge on any atom is -0.462 e. The van der Waals surface area contributed by atoms with Gasteiger partial charge in [0.05, 0.1) is 0 Å². The van der Waals surface area contributed by atoms with E-state index in [2.05, 4.69) is 81.5 Å². The first-order valence-corrected chi connectivity index (χ1v) is 29.8. The van der Waals surface area contributed by atoms with Crippen molar-refractivity contribution in [3.8, 4) is 0 Å². The quantitative estimate of drug-likeness (QED) is 0.0262. The molecule has 1 unspecified atom stereocenters. The Morgan fingerprint density at radius 2 is 0.565 bits per heavy atom. The Kier molecular flexibility index (Phi) is 55.3. The lowest BCUT2D eigenvalue weighted by atomic mass is 10.0. The number of allylic oxidation sites excluding steroid dienone is 10. The summed E-state index contributed by atoms with van der Waals surface area (Å²) in [6, 6.07) is 0. The Morgan fingerprint density at radius 3 is 0.884 bits per heavy atom. The zero-order chi connectivity index (χ0) is 50.0. The van der Waals surface area contributed by atoms with Crippen LogP contribution < -0.4 is 0 Å². The molecule has 6 heteroatoms. The van der Waals surface area contributed by atoms with Gasteiger partial charge in [-0.05, 0) is 64.2 Å². The van der Waals surface area contributed by atoms with E-state index in [1.54, 1.807) is 0 Å². The molecule has 0 aromatic carbocycles. The van der Waals surface area contributed by atoms with Crippen molar-refractivity contribution in [2.24, 2.45) is 0 Å². The van der Waals surface area contributed by atoms with Crippen LogP contribution in [0.3, 0.4) is 0 Å². The second-order valence-electron chi connectivity index (χ2n) is 19.9. The molecule has 0 rings (SSSR count). The van der Waals surface area contributed by atoms with E-state index in [4.69, 9.17) is 14.2 Å². The highest BCUT2D eigenvalue weighted by atomic mass is 16.6. The number of carbonyl (C=O) groups is 3. The molecule has 0 fully saturated rings. The molecule has 0 heterocycles. The van der Waals surface area contributed by atoms with Crippen LogP contribution >= 0.6 is 0 Å². The highest BCUT2D eigenvalue weighted by Gasteiger charge is 2.19. The first-order chi connectivity index (χ1) is 34.0. The maximum absolute atomic E-state index is 12.7. The third-order valence-electron chi connectivity index (χ3n) is 13.0. The van der Waals surface area contributed by atoms with Crippen molar-refractivity contribution in [3.05, 3.63) is 60.8 Å². The number of hydrogen-bond acceptors (Lipinski definition) is 6. The molecule has 0 radical (unpaired) electrons. The molecule has 0 N–H and O–H groups in total. The molecular weight excluding hydrogens is 853 g/mol. The van der Waals surface area contributed by atoms with Gasteiger partial charge in [0.2, 0.25) is 0 Å². The summed E-state index contributed by atoms with van der Waals surface area (Å²) in [5, 5.41) is 0. The van der Waals surface area contributed by atoms with Crippen molar-refractivity contribution >= 4 is 17.9 Å². The highest BCUT2D eigenvalue weighted by molar-refractivity contribution is 5.71. The van der Waals surface area contributed by atoms with Gasteiger partial charge in [-0.25, -0.2) is 0 Å². The standard InChI is InChI=1S/C63H112O6/c1-4-7-10-13-16-19-20-21-22-23-24-25-26-27-28-29-30-31-32-33-34-35-36-37-38-39-40-41-42-43-44-45-48-50-53-56-62(65)68-59-60(69-63(66)57-54-51-47-18-15-12-9-6-3)58-67-61(64)55-52-49-46-17-14-11-8-5-2/h7,10,16,19,21-22,24-25,27-28,60H,4-6,8-9,11-15,17-18,20,23,26,29-59H2,1-3H3/b10-7-,19-16-,22-21-,25-24-,28-27-. The summed E-state index contributed by atoms with van der Waals surface area (Å²) >= 11 is 0. The molecule has 0 aliphatic heterocycles. The molecule has 0 saturated carbocycles. The zero-order valence-corrected chi connectivity index (χ0v) is 45.8. The minimum atomic E-state index is -0.763. The van der Waals surface area contributed by atoms with E-state index >= 15 is 0 Å². The molecule has 400 valence electrons. The third kappa shape index (κ3) is 55.9. The van der Waals surface area contributed by atoms with Gasteiger partial charge >= 0.3 is 17.9 Å². The van der Waals surface area contributed by atoms with Gasteiger partial charge in [-0.3, -0.25) is 14.4 Å². The second-order valence-corrected chi connectivity index (χ2v) is 19.9. The molecule has 6 nitrogen and oxygen atoms in total. The molecule has 0 saturated heterocycles. The maximum atomic E-state index is 12.7. The van der Waals surface area contributed by atoms with Crippen molar-refractivity contribution in [2.45, 2.75) is 309 Å². The molecule has 0 aromatic rings. The average molecular weight is 966 g/mol. The Bertz CT molecular complexity index is 1250. The number of hydrogen-bond donors (Lipinski definition) is 0. The Hall–Kier alpha value is -2.89. The fraction of sp³-hybridized carbons (Fsp3) is 0.794. The van der Waals surface area contributed by atoms with Crippen LogP contribution in [0.5, 0.6) is 0 Å². The van der Waals surface area contributed by atoms with Crippen molar-refractivity contribution in [2.75, 3.05) is 13.2 Å². The maximum Gasteiger partial charge on any atom is 0.306 e. The monoisotopic (exact) mass is 965 g/mol. The summed E-state index contributed by atoms with van der Waals surface area (Å²) in [5.74, 6) is -0.865. The first kappa shape index (κ1) is 66.1. The second kappa shape index (κ2) is 57.7. The van der Waals surface area contributed by atoms with Crippen LogP contribution in [-0.2, 0) is 28.6 Å². The first-order valence-electron chi connectivity index (χ1n) is 29.8. The van der Waals surface area contributed by atoms with Crippen LogP contribution in [0.1, 0.15) is 303 Å². The van der Waals surface area contributed by atoms with Gasteiger partial charge in [-0.2, -0.15) is 0 Å². The highest BCUT2D eigenvalue weighted by Crippen LogP contribution is 2.17. The molecule has 0 aromatic heterocycles. The Morgan fingerprint density at radius 1 is 0.304 bits per heavy atom. The van der Waals surface area contributed by atoms with E-state index < -0.39 is 6.10 Å². The topological polar surface area (TPSA) is 78.9 Å². The summed E-state index contributed by atoms with van der Waals surface area (Å²) in [5.41, 5.74) is 0. The Balaban J connectivity index is 3.86. The predicted octanol–water partition coefficient (Wildman–Crippen LogP) is 20.0. The molecule has 0 aliphatic rings. The lowest BCUT2D eigenvalue weighted by Crippen LogP contribution is -2.30. The van der Waals surface area contributed by atoms with Gasteiger partial charge in [0.1, 0.15) is 13.2 Å². The summed E-state index contributed by atoms with van der Waals surface area (Å²) in [7, 11) is 0. The molecular formula is C63H112O6. The van der Waals surface area contributed by atoms with Crippen molar-refractivity contribution in [1.82, 2.24) is 0 Å². The molecule has 0 aliphatic carbocycles.